The van der Waals surface area contributed by atoms with Gasteiger partial charge in [0.05, 0.1) is 15.6 Å². The van der Waals surface area contributed by atoms with Crippen molar-refractivity contribution in [2.45, 2.75) is 31.1 Å². The first kappa shape index (κ1) is 20.0. The minimum atomic E-state index is -1.07. The summed E-state index contributed by atoms with van der Waals surface area (Å²) in [4.78, 5) is 28.4. The Balaban J connectivity index is 1.81. The Morgan fingerprint density at radius 1 is 1.19 bits per heavy atom. The second-order valence-electron chi connectivity index (χ2n) is 6.12. The number of amides is 1. The molecule has 2 aliphatic heterocycles. The van der Waals surface area contributed by atoms with Crippen LogP contribution < -0.4 is 4.90 Å². The monoisotopic (exact) mass is 420 g/mol. The number of unbranched alkanes of at least 4 members (excludes halogenated alkanes) is 2. The van der Waals surface area contributed by atoms with Crippen LogP contribution in [0.3, 0.4) is 0 Å². The van der Waals surface area contributed by atoms with Crippen LogP contribution in [0.15, 0.2) is 51.2 Å². The van der Waals surface area contributed by atoms with E-state index in [1.165, 1.54) is 17.0 Å². The van der Waals surface area contributed by atoms with Crippen LogP contribution in [0.1, 0.15) is 26.2 Å². The van der Waals surface area contributed by atoms with Crippen LogP contribution in [-0.2, 0) is 9.59 Å². The second-order valence-corrected chi connectivity index (χ2v) is 8.86. The summed E-state index contributed by atoms with van der Waals surface area (Å²) in [5.74, 6) is -1.42. The predicted molar refractivity (Wildman–Crippen MR) is 115 cm³/mol. The van der Waals surface area contributed by atoms with Gasteiger partial charge >= 0.3 is 5.97 Å². The quantitative estimate of drug-likeness (QED) is 0.397. The van der Waals surface area contributed by atoms with E-state index in [1.807, 2.05) is 18.2 Å². The van der Waals surface area contributed by atoms with Crippen molar-refractivity contribution in [3.63, 3.8) is 0 Å². The number of rotatable bonds is 7. The number of carbonyl (C=O) groups is 2. The molecule has 27 heavy (non-hydrogen) atoms. The summed E-state index contributed by atoms with van der Waals surface area (Å²) in [6.07, 6.45) is 7.12. The lowest BCUT2D eigenvalue weighted by molar-refractivity contribution is -0.140. The molecule has 0 aliphatic carbocycles. The Morgan fingerprint density at radius 2 is 1.96 bits per heavy atom. The summed E-state index contributed by atoms with van der Waals surface area (Å²) in [7, 11) is 0. The van der Waals surface area contributed by atoms with Gasteiger partial charge in [-0.2, -0.15) is 0 Å². The Morgan fingerprint density at radius 3 is 2.70 bits per heavy atom. The van der Waals surface area contributed by atoms with Gasteiger partial charge in [-0.15, -0.1) is 0 Å². The number of fused-ring (bicyclic) bond motifs is 1. The molecule has 0 bridgehead atoms. The number of anilines is 1. The lowest BCUT2D eigenvalue weighted by Gasteiger charge is -2.20. The fourth-order valence-electron chi connectivity index (χ4n) is 2.86. The fourth-order valence-corrected chi connectivity index (χ4v) is 5.15. The first-order chi connectivity index (χ1) is 13.0. The topological polar surface area (TPSA) is 60.9 Å². The van der Waals surface area contributed by atoms with Crippen molar-refractivity contribution in [1.29, 1.82) is 0 Å². The molecule has 1 N–H and O–H groups in total. The smallest absolute Gasteiger partial charge is 0.323 e. The van der Waals surface area contributed by atoms with Crippen LogP contribution in [0.5, 0.6) is 0 Å². The van der Waals surface area contributed by atoms with E-state index in [-0.39, 0.29) is 10.2 Å². The minimum absolute atomic E-state index is 0.286. The molecule has 142 valence electrons. The van der Waals surface area contributed by atoms with Crippen LogP contribution in [0.25, 0.3) is 0 Å². The standard InChI is InChI=1S/C19H20N2O3S3/c1-2-3-6-11-20-13-7-4-5-8-14(13)26-16(20)10-9-15-18(24)21(12-17(22)23)19(25)27-15/h4-5,7-10H,2-3,6,11-12H2,1H3,(H,22,23)/b15-9+,16-10+. The van der Waals surface area contributed by atoms with Gasteiger partial charge in [-0.3, -0.25) is 14.5 Å². The molecule has 1 aromatic carbocycles. The zero-order valence-corrected chi connectivity index (χ0v) is 17.3. The number of para-hydroxylation sites is 1. The summed E-state index contributed by atoms with van der Waals surface area (Å²) in [5, 5.41) is 10.00. The maximum atomic E-state index is 12.4. The highest BCUT2D eigenvalue weighted by Crippen LogP contribution is 2.46. The third kappa shape index (κ3) is 4.56. The van der Waals surface area contributed by atoms with Gasteiger partial charge in [0.15, 0.2) is 0 Å². The molecule has 2 aliphatic rings. The molecule has 1 saturated heterocycles. The number of carboxylic acids is 1. The Kier molecular flexibility index (Phi) is 6.62. The zero-order chi connectivity index (χ0) is 19.4. The number of thioether (sulfide) groups is 2. The summed E-state index contributed by atoms with van der Waals surface area (Å²) >= 11 is 7.97. The third-order valence-electron chi connectivity index (χ3n) is 4.17. The van der Waals surface area contributed by atoms with Crippen LogP contribution in [0, 0.1) is 0 Å². The Labute approximate surface area is 172 Å². The van der Waals surface area contributed by atoms with E-state index in [2.05, 4.69) is 24.0 Å². The van der Waals surface area contributed by atoms with Crippen molar-refractivity contribution in [2.75, 3.05) is 18.0 Å². The molecular weight excluding hydrogens is 400 g/mol. The van der Waals surface area contributed by atoms with Crippen molar-refractivity contribution >= 4 is 57.6 Å². The molecule has 0 aromatic heterocycles. The number of allylic oxidation sites excluding steroid dienone is 2. The zero-order valence-electron chi connectivity index (χ0n) is 14.9. The van der Waals surface area contributed by atoms with Gasteiger partial charge in [-0.05, 0) is 30.7 Å². The number of hydrogen-bond donors (Lipinski definition) is 1. The number of benzene rings is 1. The average molecular weight is 421 g/mol. The van der Waals surface area contributed by atoms with Gasteiger partial charge in [0.1, 0.15) is 10.9 Å². The van der Waals surface area contributed by atoms with E-state index < -0.39 is 12.5 Å². The van der Waals surface area contributed by atoms with Gasteiger partial charge in [-0.25, -0.2) is 0 Å². The highest BCUT2D eigenvalue weighted by atomic mass is 32.2. The largest absolute Gasteiger partial charge is 0.480 e. The Hall–Kier alpha value is -1.77. The molecule has 1 aromatic rings. The molecule has 1 fully saturated rings. The highest BCUT2D eigenvalue weighted by Gasteiger charge is 2.33. The van der Waals surface area contributed by atoms with Gasteiger partial charge in [-0.1, -0.05) is 67.6 Å². The molecule has 0 saturated carbocycles. The van der Waals surface area contributed by atoms with Gasteiger partial charge < -0.3 is 10.0 Å². The molecule has 2 heterocycles. The molecule has 3 rings (SSSR count). The summed E-state index contributed by atoms with van der Waals surface area (Å²) in [6.45, 7) is 2.71. The van der Waals surface area contributed by atoms with Crippen LogP contribution in [-0.4, -0.2) is 39.3 Å². The Bertz CT molecular complexity index is 835. The van der Waals surface area contributed by atoms with E-state index in [1.54, 1.807) is 17.8 Å². The maximum absolute atomic E-state index is 12.4. The first-order valence-corrected chi connectivity index (χ1v) is 10.8. The second kappa shape index (κ2) is 8.95. The lowest BCUT2D eigenvalue weighted by Crippen LogP contribution is -2.33. The van der Waals surface area contributed by atoms with Crippen LogP contribution >= 0.6 is 35.7 Å². The van der Waals surface area contributed by atoms with Gasteiger partial charge in [0, 0.05) is 11.4 Å². The normalized spacial score (nSPS) is 19.4. The SMILES string of the molecule is CCCCCN1/C(=C\C=C2\SC(=S)N(CC(=O)O)C2=O)Sc2ccccc21. The first-order valence-electron chi connectivity index (χ1n) is 8.73. The molecule has 8 heteroatoms. The van der Waals surface area contributed by atoms with Crippen molar-refractivity contribution in [3.05, 3.63) is 46.4 Å². The van der Waals surface area contributed by atoms with E-state index in [9.17, 15) is 9.59 Å². The molecule has 1 amide bonds. The number of thiocarbonyl (C=S) groups is 1. The molecule has 5 nitrogen and oxygen atoms in total. The summed E-state index contributed by atoms with van der Waals surface area (Å²) in [5.41, 5.74) is 1.19. The van der Waals surface area contributed by atoms with Crippen molar-refractivity contribution < 1.29 is 14.7 Å². The number of nitrogens with zero attached hydrogens (tertiary/aromatic N) is 2. The summed E-state index contributed by atoms with van der Waals surface area (Å²) < 4.78 is 0.286. The van der Waals surface area contributed by atoms with Crippen molar-refractivity contribution in [2.24, 2.45) is 0 Å². The van der Waals surface area contributed by atoms with E-state index >= 15 is 0 Å². The number of carboxylic acid groups (broad SMARTS) is 1. The van der Waals surface area contributed by atoms with Crippen LogP contribution in [0.2, 0.25) is 0 Å². The molecule has 0 spiro atoms. The van der Waals surface area contributed by atoms with Gasteiger partial charge in [0.2, 0.25) is 0 Å². The fraction of sp³-hybridized carbons (Fsp3) is 0.316. The van der Waals surface area contributed by atoms with E-state index in [0.717, 1.165) is 41.1 Å². The van der Waals surface area contributed by atoms with Gasteiger partial charge in [0.25, 0.3) is 5.91 Å². The van der Waals surface area contributed by atoms with Crippen molar-refractivity contribution in [1.82, 2.24) is 4.90 Å². The third-order valence-corrected chi connectivity index (χ3v) is 6.69. The lowest BCUT2D eigenvalue weighted by atomic mass is 10.2. The molecule has 0 radical (unpaired) electrons. The highest BCUT2D eigenvalue weighted by molar-refractivity contribution is 8.26. The van der Waals surface area contributed by atoms with Crippen LogP contribution in [0.4, 0.5) is 5.69 Å². The van der Waals surface area contributed by atoms with Crippen molar-refractivity contribution in [3.8, 4) is 0 Å². The van der Waals surface area contributed by atoms with E-state index in [0.29, 0.717) is 4.91 Å². The average Bonchev–Trinajstić information content (AvgIpc) is 3.12. The number of carbonyl (C=O) groups excluding carboxylic acids is 1. The number of hydrogen-bond acceptors (Lipinski definition) is 6. The number of aliphatic carboxylic acids is 1. The molecular formula is C19H20N2O3S3. The minimum Gasteiger partial charge on any atom is -0.480 e. The van der Waals surface area contributed by atoms with E-state index in [4.69, 9.17) is 17.3 Å². The maximum Gasteiger partial charge on any atom is 0.323 e. The molecule has 0 atom stereocenters. The molecule has 0 unspecified atom stereocenters. The predicted octanol–water partition coefficient (Wildman–Crippen LogP) is 4.46. The summed E-state index contributed by atoms with van der Waals surface area (Å²) in [6, 6.07) is 8.27.